The van der Waals surface area contributed by atoms with Crippen molar-refractivity contribution in [3.05, 3.63) is 22.4 Å². The number of hydrogen-bond acceptors (Lipinski definition) is 3. The molecule has 1 heterocycles. The van der Waals surface area contributed by atoms with Crippen molar-refractivity contribution in [2.24, 2.45) is 23.5 Å². The van der Waals surface area contributed by atoms with E-state index in [2.05, 4.69) is 5.32 Å². The Balaban J connectivity index is 1.50. The van der Waals surface area contributed by atoms with Crippen LogP contribution in [-0.2, 0) is 4.79 Å². The molecule has 1 aromatic rings. The fraction of sp³-hybridized carbons (Fsp3) is 0.688. The third kappa shape index (κ3) is 2.09. The number of hydrogen-bond donors (Lipinski definition) is 2. The maximum atomic E-state index is 12.5. The normalized spacial score (nSPS) is 39.8. The molecule has 4 aliphatic carbocycles. The summed E-state index contributed by atoms with van der Waals surface area (Å²) in [6, 6.07) is 3.41. The Bertz CT molecular complexity index is 475. The van der Waals surface area contributed by atoms with Crippen LogP contribution in [0.1, 0.15) is 49.4 Å². The monoisotopic (exact) mass is 290 g/mol. The largest absolute Gasteiger partial charge is 0.349 e. The maximum absolute atomic E-state index is 12.5. The van der Waals surface area contributed by atoms with Gasteiger partial charge in [-0.3, -0.25) is 4.79 Å². The Morgan fingerprint density at radius 3 is 2.35 bits per heavy atom. The van der Waals surface area contributed by atoms with Crippen LogP contribution in [0.4, 0.5) is 0 Å². The van der Waals surface area contributed by atoms with E-state index in [1.165, 1.54) is 38.5 Å². The molecule has 20 heavy (non-hydrogen) atoms. The molecule has 0 saturated heterocycles. The van der Waals surface area contributed by atoms with Gasteiger partial charge in [0.1, 0.15) is 6.04 Å². The summed E-state index contributed by atoms with van der Waals surface area (Å²) in [6.07, 6.45) is 7.73. The van der Waals surface area contributed by atoms with Crippen LogP contribution in [0.3, 0.4) is 0 Å². The van der Waals surface area contributed by atoms with Gasteiger partial charge in [-0.2, -0.15) is 0 Å². The SMILES string of the molecule is NC(C(=O)NC12CC3CC(CC(C3)C1)C2)c1cccs1. The molecule has 108 valence electrons. The zero-order valence-corrected chi connectivity index (χ0v) is 12.5. The Morgan fingerprint density at radius 1 is 1.25 bits per heavy atom. The zero-order valence-electron chi connectivity index (χ0n) is 11.7. The highest BCUT2D eigenvalue weighted by Crippen LogP contribution is 2.55. The van der Waals surface area contributed by atoms with Gasteiger partial charge in [-0.25, -0.2) is 0 Å². The van der Waals surface area contributed by atoms with Crippen LogP contribution in [0.25, 0.3) is 0 Å². The highest BCUT2D eigenvalue weighted by molar-refractivity contribution is 7.10. The second-order valence-corrected chi connectivity index (χ2v) is 8.16. The Morgan fingerprint density at radius 2 is 1.85 bits per heavy atom. The van der Waals surface area contributed by atoms with Crippen molar-refractivity contribution in [3.63, 3.8) is 0 Å². The fourth-order valence-electron chi connectivity index (χ4n) is 5.20. The smallest absolute Gasteiger partial charge is 0.242 e. The summed E-state index contributed by atoms with van der Waals surface area (Å²) in [5.74, 6) is 2.56. The number of amides is 1. The van der Waals surface area contributed by atoms with E-state index in [4.69, 9.17) is 5.73 Å². The number of thiophene rings is 1. The average molecular weight is 290 g/mol. The number of carbonyl (C=O) groups is 1. The lowest BCUT2D eigenvalue weighted by molar-refractivity contribution is -0.128. The van der Waals surface area contributed by atoms with Crippen LogP contribution in [0.15, 0.2) is 17.5 Å². The Labute approximate surface area is 123 Å². The third-order valence-corrected chi connectivity index (χ3v) is 6.51. The average Bonchev–Trinajstić information content (AvgIpc) is 2.89. The first kappa shape index (κ1) is 12.8. The fourth-order valence-corrected chi connectivity index (χ4v) is 5.93. The molecule has 4 fully saturated rings. The molecule has 1 amide bonds. The first-order valence-electron chi connectivity index (χ1n) is 7.74. The molecule has 4 bridgehead atoms. The van der Waals surface area contributed by atoms with E-state index in [1.54, 1.807) is 11.3 Å². The van der Waals surface area contributed by atoms with Gasteiger partial charge in [0.25, 0.3) is 0 Å². The third-order valence-electron chi connectivity index (χ3n) is 5.56. The van der Waals surface area contributed by atoms with Crippen LogP contribution in [0.5, 0.6) is 0 Å². The molecule has 4 aliphatic rings. The van der Waals surface area contributed by atoms with Crippen molar-refractivity contribution >= 4 is 17.2 Å². The van der Waals surface area contributed by atoms with Gasteiger partial charge in [0.2, 0.25) is 5.91 Å². The van der Waals surface area contributed by atoms with Crippen molar-refractivity contribution in [1.29, 1.82) is 0 Å². The molecule has 0 aliphatic heterocycles. The van der Waals surface area contributed by atoms with Crippen LogP contribution in [0.2, 0.25) is 0 Å². The van der Waals surface area contributed by atoms with Gasteiger partial charge >= 0.3 is 0 Å². The molecule has 0 aromatic carbocycles. The molecule has 4 heteroatoms. The summed E-state index contributed by atoms with van der Waals surface area (Å²) in [7, 11) is 0. The van der Waals surface area contributed by atoms with E-state index in [9.17, 15) is 4.79 Å². The minimum atomic E-state index is -0.497. The van der Waals surface area contributed by atoms with Crippen molar-refractivity contribution in [3.8, 4) is 0 Å². The standard InChI is InChI=1S/C16H22N2OS/c17-14(13-2-1-3-20-13)15(19)18-16-7-10-4-11(8-16)6-12(5-10)9-16/h1-3,10-12,14H,4-9,17H2,(H,18,19). The van der Waals surface area contributed by atoms with Gasteiger partial charge in [0, 0.05) is 10.4 Å². The Kier molecular flexibility index (Phi) is 2.93. The van der Waals surface area contributed by atoms with E-state index in [0.29, 0.717) is 0 Å². The summed E-state index contributed by atoms with van der Waals surface area (Å²) in [4.78, 5) is 13.5. The van der Waals surface area contributed by atoms with E-state index >= 15 is 0 Å². The second-order valence-electron chi connectivity index (χ2n) is 7.18. The number of carbonyl (C=O) groups excluding carboxylic acids is 1. The summed E-state index contributed by atoms with van der Waals surface area (Å²) in [6.45, 7) is 0. The first-order chi connectivity index (χ1) is 9.63. The highest BCUT2D eigenvalue weighted by Gasteiger charge is 2.51. The molecule has 4 saturated carbocycles. The lowest BCUT2D eigenvalue weighted by Gasteiger charge is -2.57. The summed E-state index contributed by atoms with van der Waals surface area (Å²) < 4.78 is 0. The van der Waals surface area contributed by atoms with Gasteiger partial charge in [-0.05, 0) is 67.7 Å². The van der Waals surface area contributed by atoms with E-state index in [-0.39, 0.29) is 11.4 Å². The molecule has 3 nitrogen and oxygen atoms in total. The van der Waals surface area contributed by atoms with Crippen LogP contribution in [0, 0.1) is 17.8 Å². The molecule has 3 N–H and O–H groups in total. The predicted molar refractivity (Wildman–Crippen MR) is 80.3 cm³/mol. The van der Waals surface area contributed by atoms with E-state index in [1.807, 2.05) is 17.5 Å². The van der Waals surface area contributed by atoms with Gasteiger partial charge in [-0.15, -0.1) is 11.3 Å². The topological polar surface area (TPSA) is 55.1 Å². The predicted octanol–water partition coefficient (Wildman–Crippen LogP) is 2.83. The van der Waals surface area contributed by atoms with Gasteiger partial charge < -0.3 is 11.1 Å². The molecular weight excluding hydrogens is 268 g/mol. The van der Waals surface area contributed by atoms with Crippen molar-refractivity contribution in [2.45, 2.75) is 50.1 Å². The van der Waals surface area contributed by atoms with Crippen LogP contribution < -0.4 is 11.1 Å². The minimum absolute atomic E-state index is 0.0226. The van der Waals surface area contributed by atoms with Gasteiger partial charge in [0.15, 0.2) is 0 Å². The molecule has 5 rings (SSSR count). The minimum Gasteiger partial charge on any atom is -0.349 e. The molecular formula is C16H22N2OS. The summed E-state index contributed by atoms with van der Waals surface area (Å²) in [5.41, 5.74) is 6.18. The lowest BCUT2D eigenvalue weighted by Crippen LogP contribution is -2.60. The van der Waals surface area contributed by atoms with Crippen LogP contribution in [-0.4, -0.2) is 11.4 Å². The zero-order chi connectivity index (χ0) is 13.7. The molecule has 0 spiro atoms. The molecule has 1 aromatic heterocycles. The second kappa shape index (κ2) is 4.57. The van der Waals surface area contributed by atoms with Gasteiger partial charge in [-0.1, -0.05) is 6.07 Å². The molecule has 1 unspecified atom stereocenters. The van der Waals surface area contributed by atoms with Gasteiger partial charge in [0.05, 0.1) is 0 Å². The van der Waals surface area contributed by atoms with E-state index in [0.717, 1.165) is 22.6 Å². The first-order valence-corrected chi connectivity index (χ1v) is 8.62. The number of rotatable bonds is 3. The number of nitrogens with two attached hydrogens (primary N) is 1. The Hall–Kier alpha value is -0.870. The van der Waals surface area contributed by atoms with Crippen molar-refractivity contribution in [1.82, 2.24) is 5.32 Å². The lowest BCUT2D eigenvalue weighted by atomic mass is 9.53. The van der Waals surface area contributed by atoms with E-state index < -0.39 is 6.04 Å². The highest BCUT2D eigenvalue weighted by atomic mass is 32.1. The molecule has 0 radical (unpaired) electrons. The summed E-state index contributed by atoms with van der Waals surface area (Å²) in [5, 5.41) is 5.33. The summed E-state index contributed by atoms with van der Waals surface area (Å²) >= 11 is 1.57. The number of nitrogens with one attached hydrogen (secondary N) is 1. The molecule has 1 atom stereocenters. The quantitative estimate of drug-likeness (QED) is 0.899. The van der Waals surface area contributed by atoms with Crippen molar-refractivity contribution in [2.75, 3.05) is 0 Å². The maximum Gasteiger partial charge on any atom is 0.242 e. The van der Waals surface area contributed by atoms with Crippen molar-refractivity contribution < 1.29 is 4.79 Å². The van der Waals surface area contributed by atoms with Crippen LogP contribution >= 0.6 is 11.3 Å².